The Morgan fingerprint density at radius 1 is 0.814 bits per heavy atom. The quantitative estimate of drug-likeness (QED) is 0.246. The van der Waals surface area contributed by atoms with Crippen molar-refractivity contribution in [1.82, 2.24) is 0 Å². The first-order chi connectivity index (χ1) is 20.5. The van der Waals surface area contributed by atoms with Gasteiger partial charge in [0.05, 0.1) is 5.69 Å². The molecule has 0 unspecified atom stereocenters. The van der Waals surface area contributed by atoms with Crippen LogP contribution in [-0.4, -0.2) is 71.4 Å². The van der Waals surface area contributed by atoms with E-state index in [2.05, 4.69) is 4.99 Å². The molecule has 0 radical (unpaired) electrons. The maximum absolute atomic E-state index is 13.7. The van der Waals surface area contributed by atoms with Gasteiger partial charge in [-0.3, -0.25) is 28.9 Å². The number of aliphatic imine (C=N–C) groups is 1. The van der Waals surface area contributed by atoms with E-state index >= 15 is 0 Å². The van der Waals surface area contributed by atoms with E-state index in [0.717, 1.165) is 38.1 Å². The van der Waals surface area contributed by atoms with Crippen molar-refractivity contribution in [2.45, 2.75) is 57.5 Å². The van der Waals surface area contributed by atoms with Crippen LogP contribution in [0.5, 0.6) is 0 Å². The number of rotatable bonds is 8. The van der Waals surface area contributed by atoms with E-state index in [9.17, 15) is 24.0 Å². The lowest BCUT2D eigenvalue weighted by atomic mass is 9.99. The van der Waals surface area contributed by atoms with Gasteiger partial charge >= 0.3 is 23.9 Å². The summed E-state index contributed by atoms with van der Waals surface area (Å²) >= 11 is 0.932. The molecule has 0 saturated carbocycles. The second kappa shape index (κ2) is 14.1. The van der Waals surface area contributed by atoms with Gasteiger partial charge in [0.2, 0.25) is 0 Å². The molecule has 2 aromatic carbocycles. The number of amidine groups is 1. The average molecular weight is 611 g/mol. The molecule has 0 aromatic heterocycles. The van der Waals surface area contributed by atoms with Crippen molar-refractivity contribution in [1.29, 1.82) is 0 Å². The topological polar surface area (TPSA) is 147 Å². The Bertz CT molecular complexity index is 1430. The van der Waals surface area contributed by atoms with Crippen LogP contribution < -0.4 is 4.90 Å². The number of carbonyl (C=O) groups is 5. The molecule has 1 amide bonds. The predicted molar refractivity (Wildman–Crippen MR) is 155 cm³/mol. The van der Waals surface area contributed by atoms with Gasteiger partial charge in [0.15, 0.2) is 28.9 Å². The van der Waals surface area contributed by atoms with Gasteiger partial charge in [-0.2, -0.15) is 0 Å². The first-order valence-electron chi connectivity index (χ1n) is 13.3. The highest BCUT2D eigenvalue weighted by Crippen LogP contribution is 2.38. The van der Waals surface area contributed by atoms with Crippen LogP contribution in [0.1, 0.15) is 33.3 Å². The number of benzene rings is 2. The Balaban J connectivity index is 1.78. The van der Waals surface area contributed by atoms with Crippen molar-refractivity contribution < 1.29 is 47.7 Å². The fourth-order valence-corrected chi connectivity index (χ4v) is 5.67. The summed E-state index contributed by atoms with van der Waals surface area (Å²) in [6.07, 6.45) is -3.46. The van der Waals surface area contributed by atoms with E-state index in [1.807, 2.05) is 30.3 Å². The Morgan fingerprint density at radius 2 is 1.37 bits per heavy atom. The largest absolute Gasteiger partial charge is 0.463 e. The van der Waals surface area contributed by atoms with Gasteiger partial charge in [-0.05, 0) is 23.8 Å². The SMILES string of the molecule is CC(=O)OC[C@@H]1O[C@@H](SC2=N/C(=C\c3ccccc3)C(=O)N2c2ccccc2)[C@@H](OC(C)=O)[C@@H](OC(C)=O)[C@@H]1OC(C)=O. The Kier molecular flexibility index (Phi) is 10.3. The van der Waals surface area contributed by atoms with Crippen molar-refractivity contribution in [3.8, 4) is 0 Å². The highest BCUT2D eigenvalue weighted by atomic mass is 32.2. The molecule has 43 heavy (non-hydrogen) atoms. The highest BCUT2D eigenvalue weighted by Gasteiger charge is 2.53. The number of thioether (sulfide) groups is 1. The molecule has 5 atom stereocenters. The second-order valence-electron chi connectivity index (χ2n) is 9.50. The Morgan fingerprint density at radius 3 is 1.95 bits per heavy atom. The van der Waals surface area contributed by atoms with Crippen molar-refractivity contribution in [3.05, 3.63) is 71.9 Å². The van der Waals surface area contributed by atoms with Crippen LogP contribution in [0.2, 0.25) is 0 Å². The number of hydrogen-bond donors (Lipinski definition) is 0. The molecule has 2 aliphatic rings. The lowest BCUT2D eigenvalue weighted by molar-refractivity contribution is -0.237. The van der Waals surface area contributed by atoms with E-state index in [-0.39, 0.29) is 17.5 Å². The molecule has 4 rings (SSSR count). The predicted octanol–water partition coefficient (Wildman–Crippen LogP) is 3.25. The number of carbonyl (C=O) groups excluding carboxylic acids is 5. The second-order valence-corrected chi connectivity index (χ2v) is 10.6. The van der Waals surface area contributed by atoms with Crippen molar-refractivity contribution in [3.63, 3.8) is 0 Å². The normalized spacial score (nSPS) is 24.2. The summed E-state index contributed by atoms with van der Waals surface area (Å²) in [5, 5.41) is 0.180. The maximum Gasteiger partial charge on any atom is 0.303 e. The van der Waals surface area contributed by atoms with Gasteiger partial charge in [-0.25, -0.2) is 4.99 Å². The Labute approximate surface area is 252 Å². The number of hydrogen-bond acceptors (Lipinski definition) is 12. The van der Waals surface area contributed by atoms with Crippen LogP contribution >= 0.6 is 11.8 Å². The fourth-order valence-electron chi connectivity index (χ4n) is 4.47. The summed E-state index contributed by atoms with van der Waals surface area (Å²) in [4.78, 5) is 67.7. The minimum absolute atomic E-state index is 0.142. The van der Waals surface area contributed by atoms with Gasteiger partial charge in [-0.15, -0.1) is 0 Å². The first-order valence-corrected chi connectivity index (χ1v) is 14.1. The number of nitrogens with zero attached hydrogens (tertiary/aromatic N) is 2. The van der Waals surface area contributed by atoms with Crippen molar-refractivity contribution in [2.75, 3.05) is 11.5 Å². The monoisotopic (exact) mass is 610 g/mol. The van der Waals surface area contributed by atoms with Gasteiger partial charge in [0.1, 0.15) is 18.4 Å². The molecule has 13 heteroatoms. The zero-order valence-corrected chi connectivity index (χ0v) is 24.6. The summed E-state index contributed by atoms with van der Waals surface area (Å²) < 4.78 is 27.9. The van der Waals surface area contributed by atoms with E-state index in [0.29, 0.717) is 5.69 Å². The summed E-state index contributed by atoms with van der Waals surface area (Å²) in [6.45, 7) is 4.27. The first kappa shape index (κ1) is 31.4. The molecule has 0 bridgehead atoms. The molecule has 12 nitrogen and oxygen atoms in total. The van der Waals surface area contributed by atoms with Crippen molar-refractivity contribution in [2.24, 2.45) is 4.99 Å². The highest BCUT2D eigenvalue weighted by molar-refractivity contribution is 8.14. The molecule has 0 spiro atoms. The van der Waals surface area contributed by atoms with E-state index in [1.54, 1.807) is 36.4 Å². The number of para-hydroxylation sites is 1. The molecule has 2 aromatic rings. The third-order valence-electron chi connectivity index (χ3n) is 6.12. The minimum Gasteiger partial charge on any atom is -0.463 e. The molecular formula is C30H30N2O10S. The van der Waals surface area contributed by atoms with Crippen molar-refractivity contribution >= 4 is 58.5 Å². The van der Waals surface area contributed by atoms with Gasteiger partial charge in [0.25, 0.3) is 5.91 Å². The lowest BCUT2D eigenvalue weighted by Gasteiger charge is -2.44. The molecule has 0 N–H and O–H groups in total. The molecule has 2 aliphatic heterocycles. The van der Waals surface area contributed by atoms with E-state index in [4.69, 9.17) is 23.7 Å². The average Bonchev–Trinajstić information content (AvgIpc) is 3.25. The van der Waals surface area contributed by atoms with Crippen LogP contribution in [0, 0.1) is 0 Å². The number of esters is 4. The summed E-state index contributed by atoms with van der Waals surface area (Å²) in [7, 11) is 0. The standard InChI is InChI=1S/C30H30N2O10S/c1-17(33)38-16-24-25(39-18(2)34)26(40-19(3)35)27(41-20(4)36)29(42-24)43-30-31-23(15-21-11-7-5-8-12-21)28(37)32(30)22-13-9-6-10-14-22/h5-15,24-27,29H,16H2,1-4H3/b23-15-/t24-,25+,26-,27-,29-/m0/s1. The summed E-state index contributed by atoms with van der Waals surface area (Å²) in [5.74, 6) is -3.25. The van der Waals surface area contributed by atoms with Crippen LogP contribution in [0.25, 0.3) is 6.08 Å². The third kappa shape index (κ3) is 8.08. The van der Waals surface area contributed by atoms with Crippen LogP contribution in [0.15, 0.2) is 71.4 Å². The number of ether oxygens (including phenoxy) is 5. The molecule has 1 saturated heterocycles. The van der Waals surface area contributed by atoms with Gasteiger partial charge < -0.3 is 23.7 Å². The van der Waals surface area contributed by atoms with E-state index in [1.165, 1.54) is 11.8 Å². The number of amides is 1. The molecule has 226 valence electrons. The van der Waals surface area contributed by atoms with E-state index < -0.39 is 59.6 Å². The molecule has 2 heterocycles. The van der Waals surface area contributed by atoms with Gasteiger partial charge in [-0.1, -0.05) is 60.3 Å². The minimum atomic E-state index is -1.35. The van der Waals surface area contributed by atoms with Crippen LogP contribution in [0.3, 0.4) is 0 Å². The summed E-state index contributed by atoms with van der Waals surface area (Å²) in [5.41, 5.74) is 0.250. The van der Waals surface area contributed by atoms with Crippen LogP contribution in [0.4, 0.5) is 5.69 Å². The maximum atomic E-state index is 13.7. The third-order valence-corrected chi connectivity index (χ3v) is 7.21. The smallest absolute Gasteiger partial charge is 0.303 e. The molecular weight excluding hydrogens is 580 g/mol. The summed E-state index contributed by atoms with van der Waals surface area (Å²) in [6, 6.07) is 17.9. The Hall–Kier alpha value is -4.49. The van der Waals surface area contributed by atoms with Gasteiger partial charge in [0, 0.05) is 27.7 Å². The zero-order valence-electron chi connectivity index (χ0n) is 23.8. The number of anilines is 1. The molecule has 0 aliphatic carbocycles. The zero-order chi connectivity index (χ0) is 31.1. The lowest BCUT2D eigenvalue weighted by Crippen LogP contribution is -2.61. The fraction of sp³-hybridized carbons (Fsp3) is 0.333. The molecule has 1 fully saturated rings. The van der Waals surface area contributed by atoms with Crippen LogP contribution in [-0.2, 0) is 47.7 Å².